The van der Waals surface area contributed by atoms with Crippen LogP contribution in [0, 0.1) is 0 Å². The number of amides is 1. The molecule has 6 heteroatoms. The Bertz CT molecular complexity index is 776. The first-order chi connectivity index (χ1) is 11.1. The standard InChI is InChI=1S/C17H18N2O3S/c20-17(14-8-10-18-11-9-14)19-12-4-5-15(19)13-23(21,22)16-6-2-1-3-7-16/h1-3,6-11,15H,4-5,12-13H2. The minimum atomic E-state index is -3.40. The third kappa shape index (κ3) is 3.42. The van der Waals surface area contributed by atoms with Gasteiger partial charge in [-0.2, -0.15) is 0 Å². The summed E-state index contributed by atoms with van der Waals surface area (Å²) >= 11 is 0. The molecule has 1 aromatic carbocycles. The van der Waals surface area contributed by atoms with Gasteiger partial charge in [0.05, 0.1) is 10.6 Å². The number of rotatable bonds is 4. The fourth-order valence-electron chi connectivity index (χ4n) is 2.91. The van der Waals surface area contributed by atoms with E-state index in [1.54, 1.807) is 59.8 Å². The summed E-state index contributed by atoms with van der Waals surface area (Å²) in [5.74, 6) is -0.161. The van der Waals surface area contributed by atoms with E-state index in [2.05, 4.69) is 4.98 Å². The lowest BCUT2D eigenvalue weighted by Gasteiger charge is -2.24. The van der Waals surface area contributed by atoms with E-state index in [1.807, 2.05) is 0 Å². The molecule has 2 heterocycles. The zero-order valence-electron chi connectivity index (χ0n) is 12.6. The smallest absolute Gasteiger partial charge is 0.254 e. The van der Waals surface area contributed by atoms with E-state index in [9.17, 15) is 13.2 Å². The summed E-state index contributed by atoms with van der Waals surface area (Å²) in [4.78, 5) is 18.5. The molecule has 0 saturated carbocycles. The maximum absolute atomic E-state index is 12.6. The van der Waals surface area contributed by atoms with Crippen molar-refractivity contribution in [2.45, 2.75) is 23.8 Å². The summed E-state index contributed by atoms with van der Waals surface area (Å²) in [7, 11) is -3.40. The van der Waals surface area contributed by atoms with Gasteiger partial charge in [0.2, 0.25) is 0 Å². The van der Waals surface area contributed by atoms with Gasteiger partial charge in [0, 0.05) is 30.5 Å². The summed E-state index contributed by atoms with van der Waals surface area (Å²) in [6.45, 7) is 0.593. The van der Waals surface area contributed by atoms with Crippen LogP contribution in [0.3, 0.4) is 0 Å². The van der Waals surface area contributed by atoms with Crippen LogP contribution < -0.4 is 0 Å². The van der Waals surface area contributed by atoms with Crippen LogP contribution in [-0.2, 0) is 9.84 Å². The average Bonchev–Trinajstić information content (AvgIpc) is 3.03. The third-order valence-electron chi connectivity index (χ3n) is 4.08. The van der Waals surface area contributed by atoms with Gasteiger partial charge < -0.3 is 4.90 Å². The lowest BCUT2D eigenvalue weighted by Crippen LogP contribution is -2.39. The number of likely N-dealkylation sites (tertiary alicyclic amines) is 1. The molecule has 1 fully saturated rings. The molecule has 0 spiro atoms. The molecule has 0 aliphatic carbocycles. The molecule has 1 aliphatic heterocycles. The number of carbonyl (C=O) groups is 1. The Hall–Kier alpha value is -2.21. The van der Waals surface area contributed by atoms with Crippen molar-refractivity contribution in [1.82, 2.24) is 9.88 Å². The van der Waals surface area contributed by atoms with E-state index in [-0.39, 0.29) is 17.7 Å². The summed E-state index contributed by atoms with van der Waals surface area (Å²) in [6.07, 6.45) is 4.67. The summed E-state index contributed by atoms with van der Waals surface area (Å²) in [6, 6.07) is 11.4. The monoisotopic (exact) mass is 330 g/mol. The second-order valence-corrected chi connectivity index (χ2v) is 7.66. The van der Waals surface area contributed by atoms with Gasteiger partial charge in [0.1, 0.15) is 0 Å². The Morgan fingerprint density at radius 3 is 2.52 bits per heavy atom. The number of aromatic nitrogens is 1. The molecule has 2 aromatic rings. The van der Waals surface area contributed by atoms with Gasteiger partial charge in [-0.15, -0.1) is 0 Å². The number of carbonyl (C=O) groups excluding carboxylic acids is 1. The lowest BCUT2D eigenvalue weighted by atomic mass is 10.2. The molecule has 0 radical (unpaired) electrons. The average molecular weight is 330 g/mol. The van der Waals surface area contributed by atoms with Crippen LogP contribution >= 0.6 is 0 Å². The van der Waals surface area contributed by atoms with Crippen molar-refractivity contribution in [3.8, 4) is 0 Å². The molecule has 0 bridgehead atoms. The predicted molar refractivity (Wildman–Crippen MR) is 86.8 cm³/mol. The minimum absolute atomic E-state index is 0.0339. The zero-order valence-corrected chi connectivity index (χ0v) is 13.4. The molecule has 120 valence electrons. The molecule has 1 aromatic heterocycles. The quantitative estimate of drug-likeness (QED) is 0.861. The molecule has 1 aliphatic rings. The van der Waals surface area contributed by atoms with Gasteiger partial charge >= 0.3 is 0 Å². The van der Waals surface area contributed by atoms with Crippen LogP contribution in [0.15, 0.2) is 59.8 Å². The van der Waals surface area contributed by atoms with Crippen molar-refractivity contribution in [2.24, 2.45) is 0 Å². The van der Waals surface area contributed by atoms with Gasteiger partial charge in [-0.1, -0.05) is 18.2 Å². The van der Waals surface area contributed by atoms with Crippen LogP contribution in [0.1, 0.15) is 23.2 Å². The number of pyridine rings is 1. The molecule has 1 saturated heterocycles. The summed E-state index contributed by atoms with van der Waals surface area (Å²) < 4.78 is 25.1. The van der Waals surface area contributed by atoms with Crippen molar-refractivity contribution >= 4 is 15.7 Å². The SMILES string of the molecule is O=C(c1ccncc1)N1CCCC1CS(=O)(=O)c1ccccc1. The number of nitrogens with zero attached hydrogens (tertiary/aromatic N) is 2. The molecular weight excluding hydrogens is 312 g/mol. The lowest BCUT2D eigenvalue weighted by molar-refractivity contribution is 0.0749. The fourth-order valence-corrected chi connectivity index (χ4v) is 4.53. The Morgan fingerprint density at radius 2 is 1.83 bits per heavy atom. The number of hydrogen-bond acceptors (Lipinski definition) is 4. The zero-order chi connectivity index (χ0) is 16.3. The highest BCUT2D eigenvalue weighted by atomic mass is 32.2. The second-order valence-electron chi connectivity index (χ2n) is 5.62. The van der Waals surface area contributed by atoms with Crippen molar-refractivity contribution in [2.75, 3.05) is 12.3 Å². The molecule has 3 rings (SSSR count). The molecule has 1 atom stereocenters. The van der Waals surface area contributed by atoms with Gasteiger partial charge in [-0.05, 0) is 37.1 Å². The first-order valence-corrected chi connectivity index (χ1v) is 9.22. The Balaban J connectivity index is 1.79. The van der Waals surface area contributed by atoms with Gasteiger partial charge in [-0.3, -0.25) is 9.78 Å². The van der Waals surface area contributed by atoms with Crippen LogP contribution in [0.2, 0.25) is 0 Å². The highest BCUT2D eigenvalue weighted by Crippen LogP contribution is 2.23. The molecule has 23 heavy (non-hydrogen) atoms. The Morgan fingerprint density at radius 1 is 1.13 bits per heavy atom. The largest absolute Gasteiger partial charge is 0.335 e. The molecule has 5 nitrogen and oxygen atoms in total. The number of sulfone groups is 1. The third-order valence-corrected chi connectivity index (χ3v) is 5.89. The Labute approximate surface area is 135 Å². The highest BCUT2D eigenvalue weighted by molar-refractivity contribution is 7.91. The summed E-state index contributed by atoms with van der Waals surface area (Å²) in [5, 5.41) is 0. The second kappa shape index (κ2) is 6.50. The van der Waals surface area contributed by atoms with Gasteiger partial charge in [-0.25, -0.2) is 8.42 Å². The normalized spacial score (nSPS) is 18.1. The van der Waals surface area contributed by atoms with Gasteiger partial charge in [0.15, 0.2) is 9.84 Å². The number of hydrogen-bond donors (Lipinski definition) is 0. The van der Waals surface area contributed by atoms with E-state index >= 15 is 0 Å². The maximum atomic E-state index is 12.6. The van der Waals surface area contributed by atoms with Crippen molar-refractivity contribution in [1.29, 1.82) is 0 Å². The topological polar surface area (TPSA) is 67.3 Å². The van der Waals surface area contributed by atoms with Crippen LogP contribution in [0.4, 0.5) is 0 Å². The van der Waals surface area contributed by atoms with Crippen LogP contribution in [0.5, 0.6) is 0 Å². The van der Waals surface area contributed by atoms with E-state index in [0.717, 1.165) is 6.42 Å². The van der Waals surface area contributed by atoms with Crippen LogP contribution in [-0.4, -0.2) is 42.5 Å². The van der Waals surface area contributed by atoms with E-state index in [1.165, 1.54) is 0 Å². The van der Waals surface area contributed by atoms with Crippen molar-refractivity contribution in [3.63, 3.8) is 0 Å². The first-order valence-electron chi connectivity index (χ1n) is 7.57. The first kappa shape index (κ1) is 15.7. The Kier molecular flexibility index (Phi) is 4.43. The number of benzene rings is 1. The summed E-state index contributed by atoms with van der Waals surface area (Å²) in [5.41, 5.74) is 0.545. The predicted octanol–water partition coefficient (Wildman–Crippen LogP) is 2.16. The maximum Gasteiger partial charge on any atom is 0.254 e. The molecule has 1 amide bonds. The molecule has 1 unspecified atom stereocenters. The molecular formula is C17H18N2O3S. The van der Waals surface area contributed by atoms with Crippen molar-refractivity contribution in [3.05, 3.63) is 60.4 Å². The van der Waals surface area contributed by atoms with Gasteiger partial charge in [0.25, 0.3) is 5.91 Å². The molecule has 0 N–H and O–H groups in total. The van der Waals surface area contributed by atoms with E-state index < -0.39 is 9.84 Å². The van der Waals surface area contributed by atoms with Crippen molar-refractivity contribution < 1.29 is 13.2 Å². The minimum Gasteiger partial charge on any atom is -0.335 e. The highest BCUT2D eigenvalue weighted by Gasteiger charge is 2.33. The van der Waals surface area contributed by atoms with E-state index in [0.29, 0.717) is 23.4 Å². The van der Waals surface area contributed by atoms with E-state index in [4.69, 9.17) is 0 Å². The van der Waals surface area contributed by atoms with Crippen LogP contribution in [0.25, 0.3) is 0 Å². The fraction of sp³-hybridized carbons (Fsp3) is 0.294.